The molecule has 0 amide bonds. The van der Waals surface area contributed by atoms with Crippen LogP contribution in [0.4, 0.5) is 0 Å². The third-order valence-corrected chi connectivity index (χ3v) is 9.42. The third-order valence-electron chi connectivity index (χ3n) is 9.42. The summed E-state index contributed by atoms with van der Waals surface area (Å²) >= 11 is 0. The Bertz CT molecular complexity index is 2730. The molecule has 6 aromatic carbocycles. The Balaban J connectivity index is 1.21. The van der Waals surface area contributed by atoms with Gasteiger partial charge in [0, 0.05) is 29.0 Å². The van der Waals surface area contributed by atoms with E-state index in [2.05, 4.69) is 126 Å². The van der Waals surface area contributed by atoms with Crippen LogP contribution < -0.4 is 0 Å². The van der Waals surface area contributed by atoms with E-state index < -0.39 is 0 Å². The van der Waals surface area contributed by atoms with Gasteiger partial charge in [0.15, 0.2) is 0 Å². The molecule has 0 spiro atoms. The highest BCUT2D eigenvalue weighted by molar-refractivity contribution is 6.25. The van der Waals surface area contributed by atoms with Gasteiger partial charge in [0.05, 0.1) is 33.6 Å². The topological polar surface area (TPSA) is 43.6 Å². The van der Waals surface area contributed by atoms with Gasteiger partial charge in [-0.25, -0.2) is 4.98 Å². The Labute approximate surface area is 270 Å². The standard InChI is InChI=1S/C43H26N4/c1-2-14-39-35(12-1)43-40(15-7-23-45-43)47(39)32-11-6-10-30(24-32)37-25-31(26-38(46-37)36-13-3-4-22-44-36)33-20-18-29-17-16-27-8-5-9-28-19-21-34(33)42(29)41(27)28/h1-26H. The van der Waals surface area contributed by atoms with Crippen LogP contribution in [0.3, 0.4) is 0 Å². The second kappa shape index (κ2) is 10.1. The van der Waals surface area contributed by atoms with Crippen molar-refractivity contribution in [2.75, 3.05) is 0 Å². The van der Waals surface area contributed by atoms with Crippen LogP contribution in [0.15, 0.2) is 158 Å². The predicted molar refractivity (Wildman–Crippen MR) is 194 cm³/mol. The fraction of sp³-hybridized carbons (Fsp3) is 0. The van der Waals surface area contributed by atoms with Crippen LogP contribution in [0, 0.1) is 0 Å². The molecule has 47 heavy (non-hydrogen) atoms. The largest absolute Gasteiger partial charge is 0.308 e. The second-order valence-electron chi connectivity index (χ2n) is 12.1. The molecule has 4 nitrogen and oxygen atoms in total. The molecule has 0 atom stereocenters. The minimum Gasteiger partial charge on any atom is -0.308 e. The predicted octanol–water partition coefficient (Wildman–Crippen LogP) is 10.9. The number of para-hydroxylation sites is 1. The molecule has 0 radical (unpaired) electrons. The van der Waals surface area contributed by atoms with E-state index in [0.717, 1.165) is 55.8 Å². The van der Waals surface area contributed by atoms with Gasteiger partial charge in [0.25, 0.3) is 0 Å². The molecule has 10 rings (SSSR count). The van der Waals surface area contributed by atoms with E-state index in [4.69, 9.17) is 15.0 Å². The summed E-state index contributed by atoms with van der Waals surface area (Å²) < 4.78 is 2.30. The van der Waals surface area contributed by atoms with E-state index in [-0.39, 0.29) is 0 Å². The van der Waals surface area contributed by atoms with Crippen molar-refractivity contribution in [1.29, 1.82) is 0 Å². The first-order chi connectivity index (χ1) is 23.3. The summed E-state index contributed by atoms with van der Waals surface area (Å²) in [4.78, 5) is 14.7. The lowest BCUT2D eigenvalue weighted by molar-refractivity contribution is 1.17. The zero-order chi connectivity index (χ0) is 30.9. The quantitative estimate of drug-likeness (QED) is 0.189. The smallest absolute Gasteiger partial charge is 0.0963 e. The van der Waals surface area contributed by atoms with Gasteiger partial charge in [-0.3, -0.25) is 9.97 Å². The lowest BCUT2D eigenvalue weighted by Gasteiger charge is -2.16. The van der Waals surface area contributed by atoms with Gasteiger partial charge in [-0.15, -0.1) is 0 Å². The van der Waals surface area contributed by atoms with E-state index >= 15 is 0 Å². The van der Waals surface area contributed by atoms with Crippen molar-refractivity contribution in [3.05, 3.63) is 158 Å². The van der Waals surface area contributed by atoms with Crippen LogP contribution in [0.25, 0.3) is 93.7 Å². The minimum atomic E-state index is 0.843. The summed E-state index contributed by atoms with van der Waals surface area (Å²) in [5, 5.41) is 8.77. The highest BCUT2D eigenvalue weighted by Crippen LogP contribution is 2.41. The monoisotopic (exact) mass is 598 g/mol. The SMILES string of the molecule is c1ccc(-c2cc(-c3ccc4ccc5cccc6ccc3c4c56)cc(-c3cccc(-n4c5ccccc5c5ncccc54)c3)n2)nc1. The number of nitrogens with zero attached hydrogens (tertiary/aromatic N) is 4. The first-order valence-corrected chi connectivity index (χ1v) is 15.9. The molecule has 0 unspecified atom stereocenters. The normalized spacial score (nSPS) is 11.8. The summed E-state index contributed by atoms with van der Waals surface area (Å²) in [5.74, 6) is 0. The minimum absolute atomic E-state index is 0.843. The van der Waals surface area contributed by atoms with Gasteiger partial charge in [-0.05, 0) is 98.0 Å². The van der Waals surface area contributed by atoms with Gasteiger partial charge in [-0.1, -0.05) is 91.0 Å². The van der Waals surface area contributed by atoms with E-state index in [0.29, 0.717) is 0 Å². The molecule has 0 saturated carbocycles. The molecule has 0 bridgehead atoms. The Hall–Kier alpha value is -6.39. The van der Waals surface area contributed by atoms with Crippen LogP contribution in [0.5, 0.6) is 0 Å². The van der Waals surface area contributed by atoms with E-state index in [1.165, 1.54) is 37.9 Å². The maximum atomic E-state index is 5.22. The van der Waals surface area contributed by atoms with Crippen LogP contribution in [-0.4, -0.2) is 19.5 Å². The average molecular weight is 599 g/mol. The highest BCUT2D eigenvalue weighted by Gasteiger charge is 2.17. The van der Waals surface area contributed by atoms with E-state index in [9.17, 15) is 0 Å². The molecule has 218 valence electrons. The number of fused-ring (bicyclic) bond motifs is 3. The van der Waals surface area contributed by atoms with Gasteiger partial charge in [-0.2, -0.15) is 0 Å². The van der Waals surface area contributed by atoms with E-state index in [1.807, 2.05) is 36.7 Å². The molecular weight excluding hydrogens is 573 g/mol. The van der Waals surface area contributed by atoms with Crippen molar-refractivity contribution in [3.63, 3.8) is 0 Å². The first-order valence-electron chi connectivity index (χ1n) is 15.9. The fourth-order valence-electron chi connectivity index (χ4n) is 7.33. The number of aromatic nitrogens is 4. The van der Waals surface area contributed by atoms with Crippen molar-refractivity contribution < 1.29 is 0 Å². The zero-order valence-corrected chi connectivity index (χ0v) is 25.3. The lowest BCUT2D eigenvalue weighted by atomic mass is 9.89. The molecule has 10 aromatic rings. The molecule has 0 aliphatic carbocycles. The molecular formula is C43H26N4. The summed E-state index contributed by atoms with van der Waals surface area (Å²) in [6.07, 6.45) is 3.69. The Morgan fingerprint density at radius 1 is 0.426 bits per heavy atom. The number of hydrogen-bond acceptors (Lipinski definition) is 3. The van der Waals surface area contributed by atoms with Crippen molar-refractivity contribution in [3.8, 4) is 39.5 Å². The van der Waals surface area contributed by atoms with Gasteiger partial charge in [0.2, 0.25) is 0 Å². The maximum absolute atomic E-state index is 5.22. The zero-order valence-electron chi connectivity index (χ0n) is 25.3. The Morgan fingerprint density at radius 2 is 1.17 bits per heavy atom. The Kier molecular flexibility index (Phi) is 5.54. The summed E-state index contributed by atoms with van der Waals surface area (Å²) in [5.41, 5.74) is 10.2. The fourth-order valence-corrected chi connectivity index (χ4v) is 7.33. The molecule has 0 saturated heterocycles. The first kappa shape index (κ1) is 25.9. The van der Waals surface area contributed by atoms with Crippen LogP contribution >= 0.6 is 0 Å². The van der Waals surface area contributed by atoms with E-state index in [1.54, 1.807) is 0 Å². The van der Waals surface area contributed by atoms with Crippen molar-refractivity contribution in [1.82, 2.24) is 19.5 Å². The number of rotatable bonds is 4. The van der Waals surface area contributed by atoms with Crippen molar-refractivity contribution in [2.24, 2.45) is 0 Å². The van der Waals surface area contributed by atoms with Crippen LogP contribution in [0.2, 0.25) is 0 Å². The molecule has 4 heteroatoms. The summed E-state index contributed by atoms with van der Waals surface area (Å²) in [6.45, 7) is 0. The van der Waals surface area contributed by atoms with Crippen LogP contribution in [-0.2, 0) is 0 Å². The average Bonchev–Trinajstić information content (AvgIpc) is 3.48. The van der Waals surface area contributed by atoms with Crippen molar-refractivity contribution in [2.45, 2.75) is 0 Å². The second-order valence-corrected chi connectivity index (χ2v) is 12.1. The summed E-state index contributed by atoms with van der Waals surface area (Å²) in [6, 6.07) is 51.7. The van der Waals surface area contributed by atoms with Gasteiger partial charge >= 0.3 is 0 Å². The van der Waals surface area contributed by atoms with Gasteiger partial charge < -0.3 is 4.57 Å². The molecule has 0 aliphatic heterocycles. The van der Waals surface area contributed by atoms with Crippen molar-refractivity contribution >= 4 is 54.3 Å². The molecule has 0 aliphatic rings. The third kappa shape index (κ3) is 3.98. The molecule has 0 fully saturated rings. The number of pyridine rings is 3. The number of benzene rings is 6. The Morgan fingerprint density at radius 3 is 2.06 bits per heavy atom. The van der Waals surface area contributed by atoms with Gasteiger partial charge in [0.1, 0.15) is 0 Å². The van der Waals surface area contributed by atoms with Crippen LogP contribution in [0.1, 0.15) is 0 Å². The highest BCUT2D eigenvalue weighted by atomic mass is 15.0. The molecule has 4 aromatic heterocycles. The lowest BCUT2D eigenvalue weighted by Crippen LogP contribution is -1.96. The number of hydrogen-bond donors (Lipinski definition) is 0. The maximum Gasteiger partial charge on any atom is 0.0963 e. The molecule has 4 heterocycles. The summed E-state index contributed by atoms with van der Waals surface area (Å²) in [7, 11) is 0. The molecule has 0 N–H and O–H groups in total.